The SMILES string of the molecule is COC(=O)c1cc(NC(C)Cn2ccnc2)c(F)cc1N. The van der Waals surface area contributed by atoms with E-state index in [1.54, 1.807) is 12.5 Å². The number of nitrogens with zero attached hydrogens (tertiary/aromatic N) is 2. The fraction of sp³-hybridized carbons (Fsp3) is 0.286. The molecule has 0 aliphatic rings. The van der Waals surface area contributed by atoms with Crippen molar-refractivity contribution in [2.45, 2.75) is 19.5 Å². The zero-order valence-electron chi connectivity index (χ0n) is 11.8. The predicted octanol–water partition coefficient (Wildman–Crippen LogP) is 1.89. The number of hydrogen-bond acceptors (Lipinski definition) is 5. The zero-order chi connectivity index (χ0) is 15.4. The second-order valence-electron chi connectivity index (χ2n) is 4.72. The number of nitrogens with one attached hydrogen (secondary N) is 1. The van der Waals surface area contributed by atoms with Crippen LogP contribution in [0.3, 0.4) is 0 Å². The highest BCUT2D eigenvalue weighted by molar-refractivity contribution is 5.96. The molecule has 1 aromatic heterocycles. The Hall–Kier alpha value is -2.57. The first-order valence-electron chi connectivity index (χ1n) is 6.41. The Labute approximate surface area is 121 Å². The maximum absolute atomic E-state index is 13.9. The molecule has 0 spiro atoms. The Morgan fingerprint density at radius 2 is 2.33 bits per heavy atom. The van der Waals surface area contributed by atoms with Gasteiger partial charge in [0, 0.05) is 30.7 Å². The molecule has 1 aromatic carbocycles. The van der Waals surface area contributed by atoms with Crippen molar-refractivity contribution in [3.05, 3.63) is 42.2 Å². The first-order chi connectivity index (χ1) is 10.0. The lowest BCUT2D eigenvalue weighted by molar-refractivity contribution is 0.0602. The van der Waals surface area contributed by atoms with Crippen LogP contribution >= 0.6 is 0 Å². The lowest BCUT2D eigenvalue weighted by atomic mass is 10.1. The van der Waals surface area contributed by atoms with Gasteiger partial charge >= 0.3 is 5.97 Å². The number of rotatable bonds is 5. The van der Waals surface area contributed by atoms with E-state index in [9.17, 15) is 9.18 Å². The highest BCUT2D eigenvalue weighted by Crippen LogP contribution is 2.23. The van der Waals surface area contributed by atoms with Gasteiger partial charge in [0.15, 0.2) is 0 Å². The number of carbonyl (C=O) groups is 1. The Bertz CT molecular complexity index is 628. The number of anilines is 2. The minimum absolute atomic E-state index is 0.0483. The average Bonchev–Trinajstić information content (AvgIpc) is 2.93. The van der Waals surface area contributed by atoms with E-state index in [-0.39, 0.29) is 23.0 Å². The third-order valence-corrected chi connectivity index (χ3v) is 2.99. The van der Waals surface area contributed by atoms with Gasteiger partial charge < -0.3 is 20.4 Å². The molecule has 0 aliphatic heterocycles. The van der Waals surface area contributed by atoms with Gasteiger partial charge in [-0.1, -0.05) is 0 Å². The van der Waals surface area contributed by atoms with Gasteiger partial charge in [-0.25, -0.2) is 14.2 Å². The van der Waals surface area contributed by atoms with Gasteiger partial charge in [-0.05, 0) is 19.1 Å². The van der Waals surface area contributed by atoms with Crippen LogP contribution < -0.4 is 11.1 Å². The number of ether oxygens (including phenoxy) is 1. The van der Waals surface area contributed by atoms with Gasteiger partial charge in [0.2, 0.25) is 0 Å². The van der Waals surface area contributed by atoms with Crippen LogP contribution in [-0.2, 0) is 11.3 Å². The minimum Gasteiger partial charge on any atom is -0.465 e. The summed E-state index contributed by atoms with van der Waals surface area (Å²) in [5, 5.41) is 3.01. The molecule has 1 heterocycles. The second-order valence-corrected chi connectivity index (χ2v) is 4.72. The molecule has 0 radical (unpaired) electrons. The summed E-state index contributed by atoms with van der Waals surface area (Å²) in [4.78, 5) is 15.5. The monoisotopic (exact) mass is 292 g/mol. The molecule has 1 atom stereocenters. The van der Waals surface area contributed by atoms with E-state index in [0.29, 0.717) is 6.54 Å². The van der Waals surface area contributed by atoms with Crippen LogP contribution in [0.2, 0.25) is 0 Å². The van der Waals surface area contributed by atoms with Crippen molar-refractivity contribution in [2.75, 3.05) is 18.2 Å². The largest absolute Gasteiger partial charge is 0.465 e. The molecule has 21 heavy (non-hydrogen) atoms. The number of imidazole rings is 1. The van der Waals surface area contributed by atoms with E-state index < -0.39 is 11.8 Å². The van der Waals surface area contributed by atoms with Gasteiger partial charge in [-0.15, -0.1) is 0 Å². The van der Waals surface area contributed by atoms with Crippen LogP contribution in [0.4, 0.5) is 15.8 Å². The molecular weight excluding hydrogens is 275 g/mol. The molecule has 112 valence electrons. The van der Waals surface area contributed by atoms with E-state index in [1.165, 1.54) is 13.2 Å². The topological polar surface area (TPSA) is 82.2 Å². The van der Waals surface area contributed by atoms with Crippen molar-refractivity contribution in [1.29, 1.82) is 0 Å². The van der Waals surface area contributed by atoms with Gasteiger partial charge in [-0.3, -0.25) is 0 Å². The van der Waals surface area contributed by atoms with Crippen molar-refractivity contribution in [1.82, 2.24) is 9.55 Å². The van der Waals surface area contributed by atoms with Crippen molar-refractivity contribution in [2.24, 2.45) is 0 Å². The van der Waals surface area contributed by atoms with Crippen LogP contribution in [0.15, 0.2) is 30.9 Å². The number of methoxy groups -OCH3 is 1. The van der Waals surface area contributed by atoms with E-state index in [2.05, 4.69) is 15.0 Å². The van der Waals surface area contributed by atoms with Crippen molar-refractivity contribution >= 4 is 17.3 Å². The molecule has 0 amide bonds. The molecule has 2 aromatic rings. The number of aromatic nitrogens is 2. The van der Waals surface area contributed by atoms with Crippen LogP contribution in [-0.4, -0.2) is 28.7 Å². The molecule has 7 heteroatoms. The van der Waals surface area contributed by atoms with Gasteiger partial charge in [0.05, 0.1) is 24.7 Å². The molecule has 0 saturated carbocycles. The van der Waals surface area contributed by atoms with Gasteiger partial charge in [-0.2, -0.15) is 0 Å². The first kappa shape index (κ1) is 14.8. The molecule has 1 unspecified atom stereocenters. The van der Waals surface area contributed by atoms with Crippen LogP contribution in [0.1, 0.15) is 17.3 Å². The van der Waals surface area contributed by atoms with E-state index in [0.717, 1.165) is 6.07 Å². The summed E-state index contributed by atoms with van der Waals surface area (Å²) in [5.41, 5.74) is 6.02. The number of nitrogen functional groups attached to an aromatic ring is 1. The number of hydrogen-bond donors (Lipinski definition) is 2. The summed E-state index contributed by atoms with van der Waals surface area (Å²) in [6, 6.07) is 2.40. The molecule has 0 saturated heterocycles. The standard InChI is InChI=1S/C14H17FN4O2/c1-9(7-19-4-3-17-8-19)18-13-5-10(14(20)21-2)12(16)6-11(13)15/h3-6,8-9,18H,7,16H2,1-2H3. The Kier molecular flexibility index (Phi) is 4.42. The number of halogens is 1. The molecule has 6 nitrogen and oxygen atoms in total. The van der Waals surface area contributed by atoms with E-state index in [1.807, 2.05) is 17.7 Å². The van der Waals surface area contributed by atoms with Crippen LogP contribution in [0.5, 0.6) is 0 Å². The third-order valence-electron chi connectivity index (χ3n) is 2.99. The summed E-state index contributed by atoms with van der Waals surface area (Å²) < 4.78 is 20.4. The Morgan fingerprint density at radius 1 is 1.57 bits per heavy atom. The number of benzene rings is 1. The first-order valence-corrected chi connectivity index (χ1v) is 6.41. The Morgan fingerprint density at radius 3 is 2.95 bits per heavy atom. The summed E-state index contributed by atoms with van der Waals surface area (Å²) in [5.74, 6) is -1.12. The maximum atomic E-state index is 13.9. The minimum atomic E-state index is -0.599. The maximum Gasteiger partial charge on any atom is 0.340 e. The summed E-state index contributed by atoms with van der Waals surface area (Å²) >= 11 is 0. The smallest absolute Gasteiger partial charge is 0.340 e. The molecule has 3 N–H and O–H groups in total. The van der Waals surface area contributed by atoms with E-state index in [4.69, 9.17) is 5.73 Å². The summed E-state index contributed by atoms with van der Waals surface area (Å²) in [6.45, 7) is 2.50. The summed E-state index contributed by atoms with van der Waals surface area (Å²) in [7, 11) is 1.25. The summed E-state index contributed by atoms with van der Waals surface area (Å²) in [6.07, 6.45) is 5.17. The number of nitrogens with two attached hydrogens (primary N) is 1. The van der Waals surface area contributed by atoms with Gasteiger partial charge in [0.1, 0.15) is 5.82 Å². The number of esters is 1. The quantitative estimate of drug-likeness (QED) is 0.649. The van der Waals surface area contributed by atoms with Crippen LogP contribution in [0.25, 0.3) is 0 Å². The van der Waals surface area contributed by atoms with E-state index >= 15 is 0 Å². The number of carbonyl (C=O) groups excluding carboxylic acids is 1. The molecule has 2 rings (SSSR count). The lowest BCUT2D eigenvalue weighted by Gasteiger charge is -2.17. The zero-order valence-corrected chi connectivity index (χ0v) is 11.8. The molecule has 0 bridgehead atoms. The highest BCUT2D eigenvalue weighted by atomic mass is 19.1. The normalized spacial score (nSPS) is 12.0. The lowest BCUT2D eigenvalue weighted by Crippen LogP contribution is -2.22. The van der Waals surface area contributed by atoms with Crippen molar-refractivity contribution in [3.63, 3.8) is 0 Å². The predicted molar refractivity (Wildman–Crippen MR) is 77.5 cm³/mol. The van der Waals surface area contributed by atoms with Crippen LogP contribution in [0, 0.1) is 5.82 Å². The fourth-order valence-electron chi connectivity index (χ4n) is 2.01. The highest BCUT2D eigenvalue weighted by Gasteiger charge is 2.16. The van der Waals surface area contributed by atoms with Gasteiger partial charge in [0.25, 0.3) is 0 Å². The fourth-order valence-corrected chi connectivity index (χ4v) is 2.01. The third kappa shape index (κ3) is 3.50. The van der Waals surface area contributed by atoms with Crippen molar-refractivity contribution < 1.29 is 13.9 Å². The molecule has 0 aliphatic carbocycles. The average molecular weight is 292 g/mol. The second kappa shape index (κ2) is 6.25. The Balaban J connectivity index is 2.17. The van der Waals surface area contributed by atoms with Crippen molar-refractivity contribution in [3.8, 4) is 0 Å². The molecule has 0 fully saturated rings. The molecular formula is C14H17FN4O2.